The Labute approximate surface area is 151 Å². The molecule has 2 fully saturated rings. The van der Waals surface area contributed by atoms with Crippen molar-refractivity contribution in [3.8, 4) is 0 Å². The van der Waals surface area contributed by atoms with Gasteiger partial charge in [-0.05, 0) is 50.9 Å². The quantitative estimate of drug-likeness (QED) is 0.417. The maximum Gasteiger partial charge on any atom is 0.241 e. The third-order valence-electron chi connectivity index (χ3n) is 4.70. The molecule has 2 N–H and O–H groups in total. The Balaban J connectivity index is 0.00000242. The molecule has 1 aliphatic heterocycles. The fraction of sp³-hybridized carbons (Fsp3) is 0.875. The van der Waals surface area contributed by atoms with Gasteiger partial charge in [0.25, 0.3) is 0 Å². The van der Waals surface area contributed by atoms with Gasteiger partial charge in [-0.25, -0.2) is 0 Å². The molecule has 0 aromatic rings. The molecule has 0 aromatic heterocycles. The van der Waals surface area contributed by atoms with Crippen molar-refractivity contribution < 1.29 is 4.79 Å². The van der Waals surface area contributed by atoms with Crippen molar-refractivity contribution in [3.05, 3.63) is 0 Å². The van der Waals surface area contributed by atoms with Gasteiger partial charge in [0.2, 0.25) is 5.91 Å². The zero-order chi connectivity index (χ0) is 15.1. The first kappa shape index (κ1) is 19.5. The van der Waals surface area contributed by atoms with Crippen molar-refractivity contribution in [1.29, 1.82) is 0 Å². The van der Waals surface area contributed by atoms with E-state index in [2.05, 4.69) is 22.5 Å². The number of hydrogen-bond donors (Lipinski definition) is 2. The second-order valence-corrected chi connectivity index (χ2v) is 6.47. The van der Waals surface area contributed by atoms with Gasteiger partial charge in [-0.1, -0.05) is 6.92 Å². The van der Waals surface area contributed by atoms with E-state index in [9.17, 15) is 4.79 Å². The second kappa shape index (κ2) is 10.3. The number of piperidine rings is 1. The van der Waals surface area contributed by atoms with Crippen LogP contribution in [-0.2, 0) is 4.79 Å². The van der Waals surface area contributed by atoms with Crippen LogP contribution in [0.25, 0.3) is 0 Å². The van der Waals surface area contributed by atoms with Gasteiger partial charge in [0.05, 0.1) is 6.54 Å². The summed E-state index contributed by atoms with van der Waals surface area (Å²) < 4.78 is 0. The van der Waals surface area contributed by atoms with E-state index in [1.165, 1.54) is 32.1 Å². The fourth-order valence-corrected chi connectivity index (χ4v) is 3.21. The van der Waals surface area contributed by atoms with Gasteiger partial charge in [0.1, 0.15) is 0 Å². The van der Waals surface area contributed by atoms with E-state index in [1.807, 2.05) is 4.90 Å². The van der Waals surface area contributed by atoms with Crippen LogP contribution in [0.2, 0.25) is 0 Å². The number of nitrogens with one attached hydrogen (secondary N) is 2. The number of likely N-dealkylation sites (tertiary alicyclic amines) is 1. The monoisotopic (exact) mass is 422 g/mol. The summed E-state index contributed by atoms with van der Waals surface area (Å²) in [6.07, 6.45) is 8.48. The van der Waals surface area contributed by atoms with E-state index in [0.717, 1.165) is 37.8 Å². The van der Waals surface area contributed by atoms with Crippen molar-refractivity contribution >= 4 is 35.8 Å². The van der Waals surface area contributed by atoms with Crippen molar-refractivity contribution in [1.82, 2.24) is 15.5 Å². The SMILES string of the molecule is CN=C(NCC(=O)N1CCCCC1)NC1CCC(C)CC1.I. The lowest BCUT2D eigenvalue weighted by atomic mass is 9.87. The lowest BCUT2D eigenvalue weighted by molar-refractivity contribution is -0.130. The number of amides is 1. The van der Waals surface area contributed by atoms with Gasteiger partial charge >= 0.3 is 0 Å². The molecule has 22 heavy (non-hydrogen) atoms. The van der Waals surface area contributed by atoms with Gasteiger partial charge < -0.3 is 15.5 Å². The number of aliphatic imine (C=N–C) groups is 1. The van der Waals surface area contributed by atoms with Crippen LogP contribution < -0.4 is 10.6 Å². The summed E-state index contributed by atoms with van der Waals surface area (Å²) >= 11 is 0. The molecule has 2 aliphatic rings. The van der Waals surface area contributed by atoms with Crippen molar-refractivity contribution in [2.24, 2.45) is 10.9 Å². The van der Waals surface area contributed by atoms with Crippen molar-refractivity contribution in [2.75, 3.05) is 26.7 Å². The molecule has 0 spiro atoms. The summed E-state index contributed by atoms with van der Waals surface area (Å²) in [7, 11) is 1.77. The standard InChI is InChI=1S/C16H30N4O.HI/c1-13-6-8-14(9-7-13)19-16(17-2)18-12-15(21)20-10-4-3-5-11-20;/h13-14H,3-12H2,1-2H3,(H2,17,18,19);1H. The fourth-order valence-electron chi connectivity index (χ4n) is 3.21. The number of carbonyl (C=O) groups is 1. The third kappa shape index (κ3) is 6.30. The maximum absolute atomic E-state index is 12.1. The van der Waals surface area contributed by atoms with E-state index in [0.29, 0.717) is 12.6 Å². The molecular formula is C16H31IN4O. The molecule has 1 saturated carbocycles. The minimum absolute atomic E-state index is 0. The molecule has 1 aliphatic carbocycles. The lowest BCUT2D eigenvalue weighted by Gasteiger charge is -2.29. The number of guanidine groups is 1. The van der Waals surface area contributed by atoms with Gasteiger partial charge in [0, 0.05) is 26.2 Å². The predicted octanol–water partition coefficient (Wildman–Crippen LogP) is 2.36. The normalized spacial score (nSPS) is 26.1. The summed E-state index contributed by atoms with van der Waals surface area (Å²) in [5, 5.41) is 6.63. The molecule has 128 valence electrons. The molecule has 1 heterocycles. The highest BCUT2D eigenvalue weighted by molar-refractivity contribution is 14.0. The number of halogens is 1. The molecule has 1 amide bonds. The van der Waals surface area contributed by atoms with Crippen LogP contribution in [0.4, 0.5) is 0 Å². The first-order valence-electron chi connectivity index (χ1n) is 8.44. The van der Waals surface area contributed by atoms with Gasteiger partial charge in [-0.2, -0.15) is 0 Å². The Kier molecular flexibility index (Phi) is 9.12. The van der Waals surface area contributed by atoms with E-state index in [-0.39, 0.29) is 29.9 Å². The highest BCUT2D eigenvalue weighted by Gasteiger charge is 2.20. The summed E-state index contributed by atoms with van der Waals surface area (Å²) in [4.78, 5) is 18.3. The molecule has 0 radical (unpaired) electrons. The third-order valence-corrected chi connectivity index (χ3v) is 4.70. The Bertz CT molecular complexity index is 361. The zero-order valence-electron chi connectivity index (χ0n) is 13.9. The average molecular weight is 422 g/mol. The zero-order valence-corrected chi connectivity index (χ0v) is 16.3. The van der Waals surface area contributed by atoms with Crippen molar-refractivity contribution in [3.63, 3.8) is 0 Å². The number of rotatable bonds is 3. The summed E-state index contributed by atoms with van der Waals surface area (Å²) in [5.74, 6) is 1.80. The molecule has 2 rings (SSSR count). The largest absolute Gasteiger partial charge is 0.354 e. The molecule has 6 heteroatoms. The Morgan fingerprint density at radius 1 is 1.14 bits per heavy atom. The number of carbonyl (C=O) groups excluding carboxylic acids is 1. The van der Waals surface area contributed by atoms with Gasteiger partial charge in [-0.15, -0.1) is 24.0 Å². The molecule has 0 unspecified atom stereocenters. The highest BCUT2D eigenvalue weighted by atomic mass is 127. The average Bonchev–Trinajstić information content (AvgIpc) is 2.53. The van der Waals surface area contributed by atoms with Crippen LogP contribution in [-0.4, -0.2) is 49.5 Å². The minimum atomic E-state index is 0. The summed E-state index contributed by atoms with van der Waals surface area (Å²) in [6.45, 7) is 4.49. The van der Waals surface area contributed by atoms with Gasteiger partial charge in [-0.3, -0.25) is 9.79 Å². The van der Waals surface area contributed by atoms with E-state index < -0.39 is 0 Å². The van der Waals surface area contributed by atoms with E-state index in [1.54, 1.807) is 7.05 Å². The number of hydrogen-bond acceptors (Lipinski definition) is 2. The molecule has 0 atom stereocenters. The van der Waals surface area contributed by atoms with Crippen LogP contribution in [0.15, 0.2) is 4.99 Å². The Morgan fingerprint density at radius 2 is 1.77 bits per heavy atom. The minimum Gasteiger partial charge on any atom is -0.354 e. The maximum atomic E-state index is 12.1. The van der Waals surface area contributed by atoms with Gasteiger partial charge in [0.15, 0.2) is 5.96 Å². The van der Waals surface area contributed by atoms with Crippen LogP contribution >= 0.6 is 24.0 Å². The summed E-state index contributed by atoms with van der Waals surface area (Å²) in [5.41, 5.74) is 0. The highest BCUT2D eigenvalue weighted by Crippen LogP contribution is 2.23. The van der Waals surface area contributed by atoms with E-state index >= 15 is 0 Å². The molecule has 5 nitrogen and oxygen atoms in total. The summed E-state index contributed by atoms with van der Waals surface area (Å²) in [6, 6.07) is 0.498. The Hall–Kier alpha value is -0.530. The van der Waals surface area contributed by atoms with Crippen molar-refractivity contribution in [2.45, 2.75) is 57.9 Å². The van der Waals surface area contributed by atoms with E-state index in [4.69, 9.17) is 0 Å². The van der Waals surface area contributed by atoms with Crippen LogP contribution in [0.5, 0.6) is 0 Å². The van der Waals surface area contributed by atoms with Crippen LogP contribution in [0, 0.1) is 5.92 Å². The second-order valence-electron chi connectivity index (χ2n) is 6.47. The Morgan fingerprint density at radius 3 is 2.36 bits per heavy atom. The molecular weight excluding hydrogens is 391 g/mol. The first-order valence-corrected chi connectivity index (χ1v) is 8.44. The molecule has 0 bridgehead atoms. The van der Waals surface area contributed by atoms with Crippen LogP contribution in [0.1, 0.15) is 51.9 Å². The molecule has 0 aromatic carbocycles. The lowest BCUT2D eigenvalue weighted by Crippen LogP contribution is -2.49. The van der Waals surface area contributed by atoms with Crippen LogP contribution in [0.3, 0.4) is 0 Å². The predicted molar refractivity (Wildman–Crippen MR) is 102 cm³/mol. The first-order chi connectivity index (χ1) is 10.2. The number of nitrogens with zero attached hydrogens (tertiary/aromatic N) is 2. The smallest absolute Gasteiger partial charge is 0.241 e. The topological polar surface area (TPSA) is 56.7 Å². The molecule has 1 saturated heterocycles.